The summed E-state index contributed by atoms with van der Waals surface area (Å²) in [6, 6.07) is 0.592. The molecule has 3 N–H and O–H groups in total. The van der Waals surface area contributed by atoms with Crippen LogP contribution in [0.1, 0.15) is 54.4 Å². The summed E-state index contributed by atoms with van der Waals surface area (Å²) in [6.45, 7) is 14.6. The third-order valence-corrected chi connectivity index (χ3v) is 3.40. The van der Waals surface area contributed by atoms with Gasteiger partial charge in [0.15, 0.2) is 0 Å². The number of nitrogens with one attached hydrogen (secondary N) is 1. The van der Waals surface area contributed by atoms with Gasteiger partial charge < -0.3 is 16.0 Å². The SMILES string of the molecule is CCCN(CC)C(C)CC(C)(NC(C)C)C(N)=O. The molecule has 0 aliphatic carbocycles. The van der Waals surface area contributed by atoms with Crippen LogP contribution in [-0.4, -0.2) is 41.5 Å². The number of carbonyl (C=O) groups is 1. The maximum Gasteiger partial charge on any atom is 0.237 e. The quantitative estimate of drug-likeness (QED) is 0.661. The Bertz CT molecular complexity index is 255. The van der Waals surface area contributed by atoms with Gasteiger partial charge in [0.1, 0.15) is 0 Å². The van der Waals surface area contributed by atoms with Crippen molar-refractivity contribution in [2.45, 2.75) is 72.0 Å². The lowest BCUT2D eigenvalue weighted by molar-refractivity contribution is -0.124. The van der Waals surface area contributed by atoms with E-state index in [4.69, 9.17) is 5.73 Å². The van der Waals surface area contributed by atoms with Crippen molar-refractivity contribution in [3.63, 3.8) is 0 Å². The summed E-state index contributed by atoms with van der Waals surface area (Å²) in [5.74, 6) is -0.268. The lowest BCUT2D eigenvalue weighted by Gasteiger charge is -2.36. The highest BCUT2D eigenvalue weighted by Crippen LogP contribution is 2.17. The molecule has 0 fully saturated rings. The van der Waals surface area contributed by atoms with Crippen molar-refractivity contribution in [3.05, 3.63) is 0 Å². The fraction of sp³-hybridized carbons (Fsp3) is 0.929. The Morgan fingerprint density at radius 3 is 2.22 bits per heavy atom. The molecule has 0 aliphatic heterocycles. The minimum atomic E-state index is -0.630. The number of amides is 1. The lowest BCUT2D eigenvalue weighted by Crippen LogP contribution is -2.58. The molecule has 2 unspecified atom stereocenters. The van der Waals surface area contributed by atoms with Crippen molar-refractivity contribution >= 4 is 5.91 Å². The average Bonchev–Trinajstić information content (AvgIpc) is 2.24. The second-order valence-electron chi connectivity index (χ2n) is 5.68. The van der Waals surface area contributed by atoms with E-state index < -0.39 is 5.54 Å². The summed E-state index contributed by atoms with van der Waals surface area (Å²) in [5, 5.41) is 3.31. The fourth-order valence-corrected chi connectivity index (χ4v) is 2.57. The Morgan fingerprint density at radius 1 is 1.33 bits per heavy atom. The topological polar surface area (TPSA) is 58.4 Å². The van der Waals surface area contributed by atoms with Gasteiger partial charge in [-0.2, -0.15) is 0 Å². The summed E-state index contributed by atoms with van der Waals surface area (Å²) in [4.78, 5) is 14.1. The molecule has 0 bridgehead atoms. The van der Waals surface area contributed by atoms with Crippen molar-refractivity contribution < 1.29 is 4.79 Å². The van der Waals surface area contributed by atoms with Crippen LogP contribution in [0.2, 0.25) is 0 Å². The predicted octanol–water partition coefficient (Wildman–Crippen LogP) is 1.74. The fourth-order valence-electron chi connectivity index (χ4n) is 2.57. The highest BCUT2D eigenvalue weighted by atomic mass is 16.1. The number of hydrogen-bond donors (Lipinski definition) is 2. The van der Waals surface area contributed by atoms with E-state index in [1.807, 2.05) is 20.8 Å². The summed E-state index contributed by atoms with van der Waals surface area (Å²) >= 11 is 0. The highest BCUT2D eigenvalue weighted by Gasteiger charge is 2.34. The van der Waals surface area contributed by atoms with Crippen molar-refractivity contribution in [1.29, 1.82) is 0 Å². The molecule has 2 atom stereocenters. The standard InChI is InChI=1S/C14H31N3O/c1-7-9-17(8-2)12(5)10-14(6,13(15)18)16-11(3)4/h11-12,16H,7-10H2,1-6H3,(H2,15,18). The van der Waals surface area contributed by atoms with Gasteiger partial charge in [0.25, 0.3) is 0 Å². The van der Waals surface area contributed by atoms with Gasteiger partial charge in [0.05, 0.1) is 5.54 Å². The Labute approximate surface area is 112 Å². The Hall–Kier alpha value is -0.610. The van der Waals surface area contributed by atoms with Gasteiger partial charge >= 0.3 is 0 Å². The first kappa shape index (κ1) is 17.4. The molecule has 0 spiro atoms. The Morgan fingerprint density at radius 2 is 1.89 bits per heavy atom. The minimum absolute atomic E-state index is 0.246. The zero-order chi connectivity index (χ0) is 14.3. The first-order chi connectivity index (χ1) is 8.26. The van der Waals surface area contributed by atoms with Gasteiger partial charge in [-0.25, -0.2) is 0 Å². The van der Waals surface area contributed by atoms with Crippen LogP contribution in [0.5, 0.6) is 0 Å². The highest BCUT2D eigenvalue weighted by molar-refractivity contribution is 5.84. The van der Waals surface area contributed by atoms with Crippen LogP contribution in [0.4, 0.5) is 0 Å². The Kier molecular flexibility index (Phi) is 7.48. The third kappa shape index (κ3) is 5.36. The van der Waals surface area contributed by atoms with Crippen molar-refractivity contribution in [3.8, 4) is 0 Å². The molecule has 1 amide bonds. The molecule has 0 aromatic rings. The monoisotopic (exact) mass is 257 g/mol. The molecule has 0 aliphatic rings. The van der Waals surface area contributed by atoms with Gasteiger partial charge in [-0.1, -0.05) is 13.8 Å². The molecule has 18 heavy (non-hydrogen) atoms. The smallest absolute Gasteiger partial charge is 0.237 e. The molecule has 0 aromatic heterocycles. The van der Waals surface area contributed by atoms with Crippen LogP contribution in [0, 0.1) is 0 Å². The normalized spacial score (nSPS) is 16.9. The van der Waals surface area contributed by atoms with Crippen molar-refractivity contribution in [2.24, 2.45) is 5.73 Å². The largest absolute Gasteiger partial charge is 0.368 e. The Balaban J connectivity index is 4.71. The molecule has 0 saturated carbocycles. The van der Waals surface area contributed by atoms with E-state index in [0.29, 0.717) is 6.04 Å². The second kappa shape index (κ2) is 7.74. The van der Waals surface area contributed by atoms with Crippen LogP contribution in [0.3, 0.4) is 0 Å². The number of hydrogen-bond acceptors (Lipinski definition) is 3. The molecule has 108 valence electrons. The first-order valence-corrected chi connectivity index (χ1v) is 7.08. The summed E-state index contributed by atoms with van der Waals surface area (Å²) in [6.07, 6.45) is 1.87. The van der Waals surface area contributed by atoms with E-state index in [2.05, 4.69) is 31.0 Å². The first-order valence-electron chi connectivity index (χ1n) is 7.08. The number of nitrogens with zero attached hydrogens (tertiary/aromatic N) is 1. The predicted molar refractivity (Wildman–Crippen MR) is 77.5 cm³/mol. The van der Waals surface area contributed by atoms with Crippen molar-refractivity contribution in [1.82, 2.24) is 10.2 Å². The van der Waals surface area contributed by atoms with Crippen LogP contribution < -0.4 is 11.1 Å². The van der Waals surface area contributed by atoms with E-state index in [1.165, 1.54) is 0 Å². The summed E-state index contributed by atoms with van der Waals surface area (Å²) < 4.78 is 0. The van der Waals surface area contributed by atoms with E-state index in [1.54, 1.807) is 0 Å². The second-order valence-corrected chi connectivity index (χ2v) is 5.68. The van der Waals surface area contributed by atoms with Gasteiger partial charge in [-0.3, -0.25) is 4.79 Å². The van der Waals surface area contributed by atoms with Gasteiger partial charge in [0, 0.05) is 12.1 Å². The maximum absolute atomic E-state index is 11.7. The molecule has 4 heteroatoms. The molecular weight excluding hydrogens is 226 g/mol. The number of nitrogens with two attached hydrogens (primary N) is 1. The molecule has 0 radical (unpaired) electrons. The van der Waals surface area contributed by atoms with E-state index in [0.717, 1.165) is 25.9 Å². The van der Waals surface area contributed by atoms with E-state index >= 15 is 0 Å². The number of carbonyl (C=O) groups excluding carboxylic acids is 1. The molecule has 0 rings (SSSR count). The van der Waals surface area contributed by atoms with E-state index in [-0.39, 0.29) is 11.9 Å². The molecule has 0 saturated heterocycles. The average molecular weight is 257 g/mol. The van der Waals surface area contributed by atoms with E-state index in [9.17, 15) is 4.79 Å². The molecule has 0 heterocycles. The zero-order valence-corrected chi connectivity index (χ0v) is 12.9. The molecule has 0 aromatic carbocycles. The number of primary amides is 1. The van der Waals surface area contributed by atoms with Crippen LogP contribution in [-0.2, 0) is 4.79 Å². The van der Waals surface area contributed by atoms with Gasteiger partial charge in [-0.15, -0.1) is 0 Å². The number of rotatable bonds is 9. The third-order valence-electron chi connectivity index (χ3n) is 3.40. The van der Waals surface area contributed by atoms with Gasteiger partial charge in [-0.05, 0) is 53.6 Å². The van der Waals surface area contributed by atoms with Crippen LogP contribution >= 0.6 is 0 Å². The maximum atomic E-state index is 11.7. The van der Waals surface area contributed by atoms with Crippen LogP contribution in [0.15, 0.2) is 0 Å². The molecule has 4 nitrogen and oxygen atoms in total. The van der Waals surface area contributed by atoms with Crippen molar-refractivity contribution in [2.75, 3.05) is 13.1 Å². The minimum Gasteiger partial charge on any atom is -0.368 e. The summed E-state index contributed by atoms with van der Waals surface area (Å²) in [7, 11) is 0. The van der Waals surface area contributed by atoms with Crippen LogP contribution in [0.25, 0.3) is 0 Å². The van der Waals surface area contributed by atoms with Gasteiger partial charge in [0.2, 0.25) is 5.91 Å². The lowest BCUT2D eigenvalue weighted by atomic mass is 9.91. The summed E-state index contributed by atoms with van der Waals surface area (Å²) in [5.41, 5.74) is 4.93. The molecular formula is C14H31N3O. The zero-order valence-electron chi connectivity index (χ0n) is 12.9.